The summed E-state index contributed by atoms with van der Waals surface area (Å²) >= 11 is 4.83. The Kier molecular flexibility index (Phi) is 2.33. The van der Waals surface area contributed by atoms with Crippen LogP contribution < -0.4 is 5.73 Å². The first-order chi connectivity index (χ1) is 6.29. The summed E-state index contributed by atoms with van der Waals surface area (Å²) in [5, 5.41) is 1.84. The van der Waals surface area contributed by atoms with Gasteiger partial charge in [0, 0.05) is 15.4 Å². The zero-order chi connectivity index (χ0) is 9.26. The molecule has 1 aromatic heterocycles. The van der Waals surface area contributed by atoms with Crippen LogP contribution in [0, 0.1) is 0 Å². The lowest BCUT2D eigenvalue weighted by atomic mass is 10.1. The van der Waals surface area contributed by atoms with E-state index in [9.17, 15) is 0 Å². The van der Waals surface area contributed by atoms with Crippen LogP contribution in [0.2, 0.25) is 0 Å². The van der Waals surface area contributed by atoms with Gasteiger partial charge in [-0.3, -0.25) is 0 Å². The normalized spacial score (nSPS) is 10.2. The lowest BCUT2D eigenvalue weighted by Gasteiger charge is -2.00. The van der Waals surface area contributed by atoms with E-state index >= 15 is 0 Å². The fraction of sp³-hybridized carbons (Fsp3) is 0. The molecule has 2 rings (SSSR count). The molecule has 0 spiro atoms. The molecule has 0 saturated heterocycles. The summed E-state index contributed by atoms with van der Waals surface area (Å²) in [4.78, 5) is 0. The number of benzene rings is 1. The summed E-state index contributed by atoms with van der Waals surface area (Å²) < 4.78 is 5.25. The Morgan fingerprint density at radius 2 is 2.08 bits per heavy atom. The highest BCUT2D eigenvalue weighted by Crippen LogP contribution is 2.31. The quantitative estimate of drug-likeness (QED) is 0.850. The summed E-state index contributed by atoms with van der Waals surface area (Å²) in [6.07, 6.45) is 0. The van der Waals surface area contributed by atoms with Crippen molar-refractivity contribution in [2.45, 2.75) is 0 Å². The zero-order valence-corrected chi connectivity index (χ0v) is 9.10. The molecule has 13 heavy (non-hydrogen) atoms. The maximum absolute atomic E-state index is 5.77. The molecule has 0 atom stereocenters. The summed E-state index contributed by atoms with van der Waals surface area (Å²) in [6, 6.07) is 7.92. The Morgan fingerprint density at radius 3 is 2.69 bits per heavy atom. The predicted octanol–water partition coefficient (Wildman–Crippen LogP) is 3.15. The minimum atomic E-state index is 0.733. The highest BCUT2D eigenvalue weighted by molar-refractivity contribution is 9.10. The van der Waals surface area contributed by atoms with Gasteiger partial charge in [-0.25, -0.2) is 0 Å². The SMILES string of the molecule is Nc1csnc1-c1ccccc1Br. The summed E-state index contributed by atoms with van der Waals surface area (Å²) in [5.41, 5.74) is 8.40. The second-order valence-electron chi connectivity index (χ2n) is 2.60. The topological polar surface area (TPSA) is 38.9 Å². The zero-order valence-electron chi connectivity index (χ0n) is 6.70. The molecular weight excluding hydrogens is 248 g/mol. The van der Waals surface area contributed by atoms with E-state index in [1.807, 2.05) is 29.6 Å². The molecule has 0 bridgehead atoms. The van der Waals surface area contributed by atoms with Gasteiger partial charge in [0.05, 0.1) is 5.69 Å². The van der Waals surface area contributed by atoms with Gasteiger partial charge in [0.1, 0.15) is 5.69 Å². The number of nitrogens with zero attached hydrogens (tertiary/aromatic N) is 1. The Labute approximate surface area is 88.7 Å². The maximum Gasteiger partial charge on any atom is 0.108 e. The van der Waals surface area contributed by atoms with Crippen LogP contribution in [0.25, 0.3) is 11.3 Å². The third-order valence-corrected chi connectivity index (χ3v) is 3.06. The number of anilines is 1. The van der Waals surface area contributed by atoms with Crippen LogP contribution in [0.1, 0.15) is 0 Å². The van der Waals surface area contributed by atoms with Crippen molar-refractivity contribution in [2.75, 3.05) is 5.73 Å². The molecule has 0 radical (unpaired) electrons. The number of nitrogen functional groups attached to an aromatic ring is 1. The van der Waals surface area contributed by atoms with Crippen molar-refractivity contribution >= 4 is 33.1 Å². The van der Waals surface area contributed by atoms with Gasteiger partial charge < -0.3 is 5.73 Å². The lowest BCUT2D eigenvalue weighted by molar-refractivity contribution is 1.50. The van der Waals surface area contributed by atoms with Crippen molar-refractivity contribution in [3.63, 3.8) is 0 Å². The fourth-order valence-electron chi connectivity index (χ4n) is 1.10. The highest BCUT2D eigenvalue weighted by atomic mass is 79.9. The smallest absolute Gasteiger partial charge is 0.108 e. The van der Waals surface area contributed by atoms with Gasteiger partial charge in [0.2, 0.25) is 0 Å². The molecule has 4 heteroatoms. The molecule has 0 aliphatic carbocycles. The van der Waals surface area contributed by atoms with E-state index in [4.69, 9.17) is 5.73 Å². The van der Waals surface area contributed by atoms with E-state index in [2.05, 4.69) is 20.3 Å². The maximum atomic E-state index is 5.77. The third-order valence-electron chi connectivity index (χ3n) is 1.73. The van der Waals surface area contributed by atoms with Crippen LogP contribution in [-0.4, -0.2) is 4.37 Å². The van der Waals surface area contributed by atoms with E-state index in [1.165, 1.54) is 11.5 Å². The molecule has 0 saturated carbocycles. The standard InChI is InChI=1S/C9H7BrN2S/c10-7-4-2-1-3-6(7)9-8(11)5-13-12-9/h1-5H,11H2. The molecule has 0 amide bonds. The van der Waals surface area contributed by atoms with E-state index in [0.717, 1.165) is 21.4 Å². The molecule has 2 N–H and O–H groups in total. The number of rotatable bonds is 1. The molecule has 1 heterocycles. The highest BCUT2D eigenvalue weighted by Gasteiger charge is 2.07. The van der Waals surface area contributed by atoms with Crippen LogP contribution in [0.3, 0.4) is 0 Å². The summed E-state index contributed by atoms with van der Waals surface area (Å²) in [6.45, 7) is 0. The molecule has 0 aliphatic heterocycles. The van der Waals surface area contributed by atoms with Crippen LogP contribution in [-0.2, 0) is 0 Å². The Morgan fingerprint density at radius 1 is 1.31 bits per heavy atom. The average Bonchev–Trinajstić information content (AvgIpc) is 2.52. The van der Waals surface area contributed by atoms with Gasteiger partial charge in [0.25, 0.3) is 0 Å². The minimum Gasteiger partial charge on any atom is -0.396 e. The van der Waals surface area contributed by atoms with Gasteiger partial charge in [-0.05, 0) is 17.6 Å². The monoisotopic (exact) mass is 254 g/mol. The Bertz CT molecular complexity index is 425. The van der Waals surface area contributed by atoms with Gasteiger partial charge in [0.15, 0.2) is 0 Å². The van der Waals surface area contributed by atoms with Gasteiger partial charge in [-0.1, -0.05) is 34.1 Å². The van der Waals surface area contributed by atoms with E-state index < -0.39 is 0 Å². The summed E-state index contributed by atoms with van der Waals surface area (Å²) in [7, 11) is 0. The number of aromatic nitrogens is 1. The van der Waals surface area contributed by atoms with Gasteiger partial charge in [-0.2, -0.15) is 4.37 Å². The Balaban J connectivity index is 2.59. The van der Waals surface area contributed by atoms with E-state index in [-0.39, 0.29) is 0 Å². The summed E-state index contributed by atoms with van der Waals surface area (Å²) in [5.74, 6) is 0. The average molecular weight is 255 g/mol. The molecule has 66 valence electrons. The van der Waals surface area contributed by atoms with Crippen molar-refractivity contribution in [1.82, 2.24) is 4.37 Å². The van der Waals surface area contributed by atoms with Crippen LogP contribution in [0.15, 0.2) is 34.1 Å². The number of hydrogen-bond donors (Lipinski definition) is 1. The molecule has 1 aromatic carbocycles. The van der Waals surface area contributed by atoms with Gasteiger partial charge in [-0.15, -0.1) is 0 Å². The first-order valence-corrected chi connectivity index (χ1v) is 5.37. The van der Waals surface area contributed by atoms with Gasteiger partial charge >= 0.3 is 0 Å². The number of nitrogens with two attached hydrogens (primary N) is 1. The lowest BCUT2D eigenvalue weighted by Crippen LogP contribution is -1.86. The van der Waals surface area contributed by atoms with Crippen molar-refractivity contribution in [2.24, 2.45) is 0 Å². The first-order valence-electron chi connectivity index (χ1n) is 3.74. The number of hydrogen-bond acceptors (Lipinski definition) is 3. The van der Waals surface area contributed by atoms with Crippen molar-refractivity contribution < 1.29 is 0 Å². The largest absolute Gasteiger partial charge is 0.396 e. The van der Waals surface area contributed by atoms with E-state index in [1.54, 1.807) is 0 Å². The molecule has 2 nitrogen and oxygen atoms in total. The third kappa shape index (κ3) is 1.59. The van der Waals surface area contributed by atoms with Crippen molar-refractivity contribution in [3.8, 4) is 11.3 Å². The Hall–Kier alpha value is -0.870. The van der Waals surface area contributed by atoms with Crippen molar-refractivity contribution in [3.05, 3.63) is 34.1 Å². The first kappa shape index (κ1) is 8.72. The minimum absolute atomic E-state index is 0.733. The van der Waals surface area contributed by atoms with Crippen LogP contribution >= 0.6 is 27.5 Å². The van der Waals surface area contributed by atoms with Crippen LogP contribution in [0.5, 0.6) is 0 Å². The molecular formula is C9H7BrN2S. The van der Waals surface area contributed by atoms with Crippen LogP contribution in [0.4, 0.5) is 5.69 Å². The number of halogens is 1. The van der Waals surface area contributed by atoms with E-state index in [0.29, 0.717) is 0 Å². The van der Waals surface area contributed by atoms with Crippen molar-refractivity contribution in [1.29, 1.82) is 0 Å². The second-order valence-corrected chi connectivity index (χ2v) is 4.08. The fourth-order valence-corrected chi connectivity index (χ4v) is 2.16. The molecule has 0 aliphatic rings. The molecule has 2 aromatic rings. The second kappa shape index (κ2) is 3.47. The molecule has 0 fully saturated rings. The molecule has 0 unspecified atom stereocenters. The predicted molar refractivity (Wildman–Crippen MR) is 59.7 cm³/mol.